The number of carbonyl (C=O) groups is 1. The number of ether oxygens (including phenoxy) is 1. The van der Waals surface area contributed by atoms with Gasteiger partial charge in [0.15, 0.2) is 5.78 Å². The Bertz CT molecular complexity index is 892. The molecule has 138 valence electrons. The van der Waals surface area contributed by atoms with Crippen molar-refractivity contribution in [3.8, 4) is 5.75 Å². The summed E-state index contributed by atoms with van der Waals surface area (Å²) in [6.07, 6.45) is 0.0105. The minimum absolute atomic E-state index is 0.0105. The first-order valence-corrected chi connectivity index (χ1v) is 9.85. The molecular formula is C18H19ClN2O4S. The van der Waals surface area contributed by atoms with Gasteiger partial charge in [-0.1, -0.05) is 18.5 Å². The number of rotatable bonds is 7. The molecule has 0 aromatic heterocycles. The van der Waals surface area contributed by atoms with Gasteiger partial charge >= 0.3 is 0 Å². The summed E-state index contributed by atoms with van der Waals surface area (Å²) in [4.78, 5) is 12.1. The maximum atomic E-state index is 12.7. The summed E-state index contributed by atoms with van der Waals surface area (Å²) in [6, 6.07) is 12.4. The number of ketones is 1. The molecule has 0 saturated heterocycles. The minimum Gasteiger partial charge on any atom is -0.494 e. The Morgan fingerprint density at radius 3 is 2.23 bits per heavy atom. The van der Waals surface area contributed by atoms with E-state index in [0.717, 1.165) is 0 Å². The van der Waals surface area contributed by atoms with Crippen LogP contribution >= 0.6 is 11.6 Å². The van der Waals surface area contributed by atoms with Crippen LogP contribution in [0.1, 0.15) is 20.3 Å². The standard InChI is InChI=1S/C18H19ClN2O4S/c1-3-17(22)18(26(23,24)16-11-5-13(19)6-12-16)21-20-14-7-9-15(10-8-14)25-4-2/h5-12,20H,3-4H2,1-2H3/b21-18+. The lowest BCUT2D eigenvalue weighted by Gasteiger charge is -2.08. The summed E-state index contributed by atoms with van der Waals surface area (Å²) in [5, 5.41) is 3.72. The number of nitrogens with one attached hydrogen (secondary N) is 1. The van der Waals surface area contributed by atoms with Crippen LogP contribution in [0.4, 0.5) is 5.69 Å². The predicted octanol–water partition coefficient (Wildman–Crippen LogP) is 3.92. The van der Waals surface area contributed by atoms with Crippen LogP contribution in [-0.2, 0) is 14.6 Å². The minimum atomic E-state index is -4.06. The summed E-state index contributed by atoms with van der Waals surface area (Å²) in [6.45, 7) is 3.99. The topological polar surface area (TPSA) is 84.8 Å². The van der Waals surface area contributed by atoms with Crippen LogP contribution in [0, 0.1) is 0 Å². The van der Waals surface area contributed by atoms with E-state index in [1.807, 2.05) is 6.92 Å². The Morgan fingerprint density at radius 1 is 1.08 bits per heavy atom. The van der Waals surface area contributed by atoms with Crippen molar-refractivity contribution < 1.29 is 17.9 Å². The third kappa shape index (κ3) is 4.83. The molecule has 0 fully saturated rings. The van der Waals surface area contributed by atoms with E-state index in [9.17, 15) is 13.2 Å². The van der Waals surface area contributed by atoms with Crippen molar-refractivity contribution in [1.82, 2.24) is 0 Å². The van der Waals surface area contributed by atoms with Gasteiger partial charge in [-0.3, -0.25) is 10.2 Å². The molecule has 0 atom stereocenters. The van der Waals surface area contributed by atoms with Gasteiger partial charge in [-0.25, -0.2) is 8.42 Å². The number of halogens is 1. The molecule has 0 spiro atoms. The summed E-state index contributed by atoms with van der Waals surface area (Å²) >= 11 is 5.79. The Balaban J connectivity index is 2.33. The quantitative estimate of drug-likeness (QED) is 0.437. The highest BCUT2D eigenvalue weighted by molar-refractivity contribution is 8.08. The molecule has 0 heterocycles. The molecule has 0 unspecified atom stereocenters. The van der Waals surface area contributed by atoms with Gasteiger partial charge in [0.25, 0.3) is 0 Å². The van der Waals surface area contributed by atoms with Crippen LogP contribution in [0.15, 0.2) is 58.5 Å². The fourth-order valence-electron chi connectivity index (χ4n) is 2.06. The van der Waals surface area contributed by atoms with E-state index in [0.29, 0.717) is 23.1 Å². The monoisotopic (exact) mass is 394 g/mol. The largest absolute Gasteiger partial charge is 0.494 e. The Kier molecular flexibility index (Phi) is 6.76. The van der Waals surface area contributed by atoms with Gasteiger partial charge in [0.1, 0.15) is 5.75 Å². The average Bonchev–Trinajstić information content (AvgIpc) is 2.63. The van der Waals surface area contributed by atoms with Crippen molar-refractivity contribution in [2.45, 2.75) is 25.2 Å². The van der Waals surface area contributed by atoms with E-state index in [1.54, 1.807) is 31.2 Å². The van der Waals surface area contributed by atoms with E-state index in [1.165, 1.54) is 24.3 Å². The maximum absolute atomic E-state index is 12.7. The zero-order chi connectivity index (χ0) is 19.2. The first-order chi connectivity index (χ1) is 12.4. The number of benzene rings is 2. The predicted molar refractivity (Wildman–Crippen MR) is 103 cm³/mol. The molecule has 0 aliphatic heterocycles. The molecule has 0 bridgehead atoms. The molecule has 2 aromatic carbocycles. The van der Waals surface area contributed by atoms with Crippen molar-refractivity contribution in [1.29, 1.82) is 0 Å². The summed E-state index contributed by atoms with van der Waals surface area (Å²) in [5.41, 5.74) is 3.15. The molecule has 1 N–H and O–H groups in total. The second kappa shape index (κ2) is 8.82. The molecule has 26 heavy (non-hydrogen) atoms. The smallest absolute Gasteiger partial charge is 0.229 e. The third-order valence-corrected chi connectivity index (χ3v) is 5.36. The zero-order valence-corrected chi connectivity index (χ0v) is 16.0. The van der Waals surface area contributed by atoms with E-state index in [-0.39, 0.29) is 11.3 Å². The number of sulfone groups is 1. The van der Waals surface area contributed by atoms with Gasteiger partial charge in [-0.05, 0) is 55.5 Å². The third-order valence-electron chi connectivity index (χ3n) is 3.39. The number of hydrazone groups is 1. The number of anilines is 1. The van der Waals surface area contributed by atoms with Gasteiger partial charge in [-0.2, -0.15) is 5.10 Å². The van der Waals surface area contributed by atoms with Crippen molar-refractivity contribution in [3.05, 3.63) is 53.6 Å². The molecule has 0 radical (unpaired) electrons. The number of carbonyl (C=O) groups excluding carboxylic acids is 1. The molecule has 6 nitrogen and oxygen atoms in total. The maximum Gasteiger partial charge on any atom is 0.229 e. The highest BCUT2D eigenvalue weighted by atomic mass is 35.5. The first-order valence-electron chi connectivity index (χ1n) is 7.99. The molecule has 0 amide bonds. The average molecular weight is 395 g/mol. The van der Waals surface area contributed by atoms with Crippen LogP contribution in [0.3, 0.4) is 0 Å². The van der Waals surface area contributed by atoms with Gasteiger partial charge < -0.3 is 4.74 Å². The second-order valence-corrected chi connectivity index (χ2v) is 7.52. The van der Waals surface area contributed by atoms with Gasteiger partial charge in [0.05, 0.1) is 17.2 Å². The number of hydrogen-bond acceptors (Lipinski definition) is 6. The molecule has 2 aromatic rings. The van der Waals surface area contributed by atoms with E-state index in [2.05, 4.69) is 10.5 Å². The first kappa shape index (κ1) is 19.9. The van der Waals surface area contributed by atoms with E-state index in [4.69, 9.17) is 16.3 Å². The fourth-order valence-corrected chi connectivity index (χ4v) is 3.51. The van der Waals surface area contributed by atoms with E-state index >= 15 is 0 Å². The Labute approximate surface area is 157 Å². The highest BCUT2D eigenvalue weighted by Crippen LogP contribution is 2.19. The van der Waals surface area contributed by atoms with Crippen LogP contribution in [0.2, 0.25) is 5.02 Å². The summed E-state index contributed by atoms with van der Waals surface area (Å²) < 4.78 is 30.8. The van der Waals surface area contributed by atoms with Crippen LogP contribution < -0.4 is 10.2 Å². The molecule has 0 aliphatic carbocycles. The Morgan fingerprint density at radius 2 is 1.69 bits per heavy atom. The lowest BCUT2D eigenvalue weighted by atomic mass is 10.3. The molecule has 8 heteroatoms. The fraction of sp³-hybridized carbons (Fsp3) is 0.222. The summed E-state index contributed by atoms with van der Waals surface area (Å²) in [5.74, 6) is 0.0964. The van der Waals surface area contributed by atoms with E-state index < -0.39 is 20.7 Å². The molecule has 0 aliphatic rings. The molecular weight excluding hydrogens is 376 g/mol. The van der Waals surface area contributed by atoms with Gasteiger partial charge in [-0.15, -0.1) is 0 Å². The zero-order valence-electron chi connectivity index (χ0n) is 14.4. The van der Waals surface area contributed by atoms with Gasteiger partial charge in [0, 0.05) is 11.4 Å². The highest BCUT2D eigenvalue weighted by Gasteiger charge is 2.28. The van der Waals surface area contributed by atoms with Crippen LogP contribution in [0.5, 0.6) is 5.75 Å². The SMILES string of the molecule is CCOc1ccc(N/N=C(\C(=O)CC)S(=O)(=O)c2ccc(Cl)cc2)cc1. The van der Waals surface area contributed by atoms with Crippen molar-refractivity contribution in [2.75, 3.05) is 12.0 Å². The van der Waals surface area contributed by atoms with Crippen molar-refractivity contribution in [2.24, 2.45) is 5.10 Å². The van der Waals surface area contributed by atoms with Crippen LogP contribution in [0.25, 0.3) is 0 Å². The second-order valence-electron chi connectivity index (χ2n) is 5.22. The normalized spacial score (nSPS) is 11.9. The van der Waals surface area contributed by atoms with Crippen LogP contribution in [-0.4, -0.2) is 25.9 Å². The van der Waals surface area contributed by atoms with Crippen molar-refractivity contribution >= 4 is 38.0 Å². The molecule has 2 rings (SSSR count). The van der Waals surface area contributed by atoms with Gasteiger partial charge in [0.2, 0.25) is 14.9 Å². The number of hydrogen-bond donors (Lipinski definition) is 1. The number of Topliss-reactive ketones (excluding diaryl/α,β-unsaturated/α-hetero) is 1. The number of nitrogens with zero attached hydrogens (tertiary/aromatic N) is 1. The Hall–Kier alpha value is -2.38. The summed E-state index contributed by atoms with van der Waals surface area (Å²) in [7, 11) is -4.06. The van der Waals surface area contributed by atoms with Crippen molar-refractivity contribution in [3.63, 3.8) is 0 Å². The lowest BCUT2D eigenvalue weighted by molar-refractivity contribution is -0.112. The lowest BCUT2D eigenvalue weighted by Crippen LogP contribution is -2.25. The molecule has 0 saturated carbocycles.